The molecule has 18 aromatic rings. The molecular weight excluding hydrogens is 1310 g/mol. The van der Waals surface area contributed by atoms with Crippen LogP contribution in [0.1, 0.15) is 158 Å². The Morgan fingerprint density at radius 2 is 0.722 bits per heavy atom. The van der Waals surface area contributed by atoms with E-state index in [0.717, 1.165) is 22.6 Å². The third-order valence-electron chi connectivity index (χ3n) is 24.8. The fraction of sp³-hybridized carbons (Fsp3) is 0.235. The zero-order valence-corrected chi connectivity index (χ0v) is 65.9. The Balaban J connectivity index is 0.995. The fourth-order valence-corrected chi connectivity index (χ4v) is 18.9. The van der Waals surface area contributed by atoms with Gasteiger partial charge in [-0.05, 0) is 206 Å². The number of anilines is 2. The molecule has 2 aliphatic rings. The molecule has 7 heterocycles. The number of nitrogens with one attached hydrogen (secondary N) is 1. The van der Waals surface area contributed by atoms with Gasteiger partial charge in [0.1, 0.15) is 0 Å². The van der Waals surface area contributed by atoms with Crippen molar-refractivity contribution in [1.82, 2.24) is 18.1 Å². The van der Waals surface area contributed by atoms with Gasteiger partial charge >= 0.3 is 0 Å². The summed E-state index contributed by atoms with van der Waals surface area (Å²) >= 11 is 0. The molecule has 0 aliphatic carbocycles. The molecular formula is C102H94BN5. The topological polar surface area (TPSA) is 31.2 Å². The minimum Gasteiger partial charge on any atom is -0.355 e. The molecule has 0 atom stereocenters. The first-order chi connectivity index (χ1) is 51.4. The van der Waals surface area contributed by atoms with Crippen molar-refractivity contribution in [2.75, 3.05) is 5.32 Å². The Morgan fingerprint density at radius 3 is 1.33 bits per heavy atom. The molecule has 0 spiro atoms. The van der Waals surface area contributed by atoms with Crippen LogP contribution in [0.5, 0.6) is 0 Å². The van der Waals surface area contributed by atoms with Gasteiger partial charge in [-0.2, -0.15) is 0 Å². The second-order valence-corrected chi connectivity index (χ2v) is 37.9. The van der Waals surface area contributed by atoms with Crippen LogP contribution in [-0.2, 0) is 32.5 Å². The second-order valence-electron chi connectivity index (χ2n) is 37.9. The Kier molecular flexibility index (Phi) is 13.7. The van der Waals surface area contributed by atoms with Crippen molar-refractivity contribution in [3.8, 4) is 28.2 Å². The molecule has 0 fully saturated rings. The van der Waals surface area contributed by atoms with Gasteiger partial charge in [0, 0.05) is 93.2 Å². The zero-order valence-electron chi connectivity index (χ0n) is 65.9. The van der Waals surface area contributed by atoms with Crippen LogP contribution in [-0.4, -0.2) is 24.8 Å². The lowest BCUT2D eigenvalue weighted by atomic mass is 9.34. The summed E-state index contributed by atoms with van der Waals surface area (Å²) in [6.45, 7) is 42.1. The first kappa shape index (κ1) is 66.4. The van der Waals surface area contributed by atoms with Crippen LogP contribution in [0.2, 0.25) is 0 Å². The molecule has 0 saturated heterocycles. The molecule has 13 aromatic carbocycles. The molecule has 530 valence electrons. The molecule has 0 amide bonds. The number of rotatable bonds is 4. The van der Waals surface area contributed by atoms with Crippen LogP contribution in [0, 0.1) is 0 Å². The quantitative estimate of drug-likeness (QED) is 0.175. The van der Waals surface area contributed by atoms with Gasteiger partial charge in [-0.1, -0.05) is 264 Å². The summed E-state index contributed by atoms with van der Waals surface area (Å²) in [6, 6.07) is 93.4. The second kappa shape index (κ2) is 22.3. The summed E-state index contributed by atoms with van der Waals surface area (Å²) in [5.74, 6) is 0. The van der Waals surface area contributed by atoms with Gasteiger partial charge in [0.2, 0.25) is 0 Å². The molecule has 0 bridgehead atoms. The van der Waals surface area contributed by atoms with E-state index < -0.39 is 0 Å². The lowest BCUT2D eigenvalue weighted by Crippen LogP contribution is -2.59. The van der Waals surface area contributed by atoms with E-state index in [9.17, 15) is 0 Å². The van der Waals surface area contributed by atoms with E-state index in [-0.39, 0.29) is 39.2 Å². The highest BCUT2D eigenvalue weighted by Crippen LogP contribution is 2.50. The van der Waals surface area contributed by atoms with Gasteiger partial charge in [0.25, 0.3) is 6.71 Å². The number of benzene rings is 13. The number of fused-ring (bicyclic) bond motifs is 24. The van der Waals surface area contributed by atoms with E-state index >= 15 is 0 Å². The van der Waals surface area contributed by atoms with Crippen molar-refractivity contribution >= 4 is 160 Å². The Bertz CT molecular complexity index is 7000. The van der Waals surface area contributed by atoms with E-state index in [0.29, 0.717) is 0 Å². The first-order valence-corrected chi connectivity index (χ1v) is 39.2. The number of hydrogen-bond acceptors (Lipinski definition) is 1. The van der Waals surface area contributed by atoms with Gasteiger partial charge in [0.05, 0.1) is 44.3 Å². The predicted molar refractivity (Wildman–Crippen MR) is 469 cm³/mol. The molecule has 0 radical (unpaired) electrons. The standard InChI is InChI=1S/C102H94BN5/c1-97(2,3)59-28-25-27-58(47-59)74-48-60(98(4,5)6)37-42-83(74)104-65-41-46-88-78(54-65)80-55-66(105-85-43-38-61(99(7,8)9)49-75(85)76-50-62(100(10,11)12)39-44-86(76)105)56-82-95(80)108(88)96-91-73-35-26-34-72-70-32-22-20-30-68(70)67-29-19-21-31-69(67)71-33-23-24-36-84(71)106(93(72)73)89(91)57-90-92(96)103(82)81-53-64(102(16,17)18)52-79-77-51-63(101(13,14)15)40-45-87(77)107(90)94(79)81/h19-57,104H,1-18H3. The maximum absolute atomic E-state index is 4.18. The summed E-state index contributed by atoms with van der Waals surface area (Å²) in [5, 5.41) is 21.5. The summed E-state index contributed by atoms with van der Waals surface area (Å²) in [6.07, 6.45) is 0. The normalized spacial score (nSPS) is 13.6. The van der Waals surface area contributed by atoms with E-state index in [1.807, 2.05) is 0 Å². The van der Waals surface area contributed by atoms with Crippen molar-refractivity contribution in [2.45, 2.75) is 157 Å². The molecule has 108 heavy (non-hydrogen) atoms. The summed E-state index contributed by atoms with van der Waals surface area (Å²) in [4.78, 5) is 0. The van der Waals surface area contributed by atoms with E-state index in [4.69, 9.17) is 0 Å². The highest BCUT2D eigenvalue weighted by Gasteiger charge is 2.44. The average Bonchev–Trinajstić information content (AvgIpc) is 1.46. The molecule has 5 aromatic heterocycles. The Labute approximate surface area is 634 Å². The predicted octanol–water partition coefficient (Wildman–Crippen LogP) is 25.9. The van der Waals surface area contributed by atoms with E-state index in [1.165, 1.54) is 192 Å². The summed E-state index contributed by atoms with van der Waals surface area (Å²) in [5.41, 5.74) is 30.5. The van der Waals surface area contributed by atoms with Crippen molar-refractivity contribution in [3.63, 3.8) is 0 Å². The molecule has 20 rings (SSSR count). The highest BCUT2D eigenvalue weighted by molar-refractivity contribution is 7.00. The molecule has 0 saturated carbocycles. The van der Waals surface area contributed by atoms with Crippen LogP contribution < -0.4 is 21.7 Å². The van der Waals surface area contributed by atoms with Gasteiger partial charge < -0.3 is 23.4 Å². The van der Waals surface area contributed by atoms with Gasteiger partial charge in [-0.3, -0.25) is 0 Å². The van der Waals surface area contributed by atoms with Gasteiger partial charge in [0.15, 0.2) is 0 Å². The monoisotopic (exact) mass is 1400 g/mol. The van der Waals surface area contributed by atoms with Crippen molar-refractivity contribution in [3.05, 3.63) is 270 Å². The van der Waals surface area contributed by atoms with Crippen LogP contribution in [0.4, 0.5) is 11.4 Å². The van der Waals surface area contributed by atoms with Crippen molar-refractivity contribution in [1.29, 1.82) is 0 Å². The number of para-hydroxylation sites is 2. The van der Waals surface area contributed by atoms with Crippen molar-refractivity contribution < 1.29 is 0 Å². The zero-order chi connectivity index (χ0) is 74.7. The molecule has 5 nitrogen and oxygen atoms in total. The molecule has 2 aliphatic heterocycles. The molecule has 1 N–H and O–H groups in total. The van der Waals surface area contributed by atoms with E-state index in [2.05, 4.69) is 385 Å². The average molecular weight is 1400 g/mol. The van der Waals surface area contributed by atoms with Crippen LogP contribution >= 0.6 is 0 Å². The van der Waals surface area contributed by atoms with Crippen LogP contribution in [0.3, 0.4) is 0 Å². The number of hydrogen-bond donors (Lipinski definition) is 1. The summed E-state index contributed by atoms with van der Waals surface area (Å²) < 4.78 is 10.8. The third-order valence-corrected chi connectivity index (χ3v) is 24.8. The van der Waals surface area contributed by atoms with Gasteiger partial charge in [-0.25, -0.2) is 0 Å². The first-order valence-electron chi connectivity index (χ1n) is 39.2. The number of aromatic nitrogens is 4. The minimum absolute atomic E-state index is 0.0258. The minimum atomic E-state index is -0.207. The van der Waals surface area contributed by atoms with Crippen LogP contribution in [0.25, 0.3) is 153 Å². The van der Waals surface area contributed by atoms with Crippen molar-refractivity contribution in [2.24, 2.45) is 0 Å². The molecule has 0 unspecified atom stereocenters. The van der Waals surface area contributed by atoms with E-state index in [1.54, 1.807) is 0 Å². The maximum atomic E-state index is 4.18. The Hall–Kier alpha value is -11.1. The fourth-order valence-electron chi connectivity index (χ4n) is 18.9. The number of nitrogens with zero attached hydrogens (tertiary/aromatic N) is 4. The summed E-state index contributed by atoms with van der Waals surface area (Å²) in [7, 11) is 0. The van der Waals surface area contributed by atoms with Crippen LogP contribution in [0.15, 0.2) is 237 Å². The smallest absolute Gasteiger partial charge is 0.252 e. The Morgan fingerprint density at radius 1 is 0.278 bits per heavy atom. The lowest BCUT2D eigenvalue weighted by Gasteiger charge is -2.35. The van der Waals surface area contributed by atoms with Gasteiger partial charge in [-0.15, -0.1) is 0 Å². The largest absolute Gasteiger partial charge is 0.355 e. The third kappa shape index (κ3) is 9.63. The lowest BCUT2D eigenvalue weighted by molar-refractivity contribution is 0.589. The highest BCUT2D eigenvalue weighted by atomic mass is 15.1. The molecule has 6 heteroatoms. The maximum Gasteiger partial charge on any atom is 0.252 e. The SMILES string of the molecule is CC(C)(C)c1cccc(-c2cc(C(C)(C)C)ccc2Nc2ccc3c(c2)c2cc(-n4c5ccc(C(C)(C)C)cc5c5cc(C(C)(C)C)ccc54)cc4c2n3-c2c3c(cc5c2c2cccc6c7ccccc7c7ccccc7c7ccccc7n5c62)-n2c5ccc(C(C)(C)C)cc5c5cc(C(C)(C)C)cc(c52)B34)c1.